The molecule has 1 N–H and O–H groups in total. The third kappa shape index (κ3) is 1.14. The van der Waals surface area contributed by atoms with Gasteiger partial charge in [0, 0.05) is 17.5 Å². The van der Waals surface area contributed by atoms with E-state index in [0.29, 0.717) is 5.69 Å². The molecule has 5 nitrogen and oxygen atoms in total. The molecule has 0 saturated carbocycles. The number of aromatic carboxylic acids is 1. The van der Waals surface area contributed by atoms with Crippen LogP contribution in [0.3, 0.4) is 0 Å². The number of rotatable bonds is 1. The number of pyridine rings is 1. The smallest absolute Gasteiger partial charge is 0.354 e. The van der Waals surface area contributed by atoms with E-state index in [-0.39, 0.29) is 5.69 Å². The van der Waals surface area contributed by atoms with Crippen LogP contribution in [-0.2, 0) is 6.54 Å². The minimum Gasteiger partial charge on any atom is -0.477 e. The first-order chi connectivity index (χ1) is 7.65. The van der Waals surface area contributed by atoms with Gasteiger partial charge in [-0.25, -0.2) is 14.8 Å². The molecule has 3 aliphatic heterocycles. The van der Waals surface area contributed by atoms with E-state index in [1.54, 1.807) is 6.07 Å². The first-order valence-electron chi connectivity index (χ1n) is 4.92. The minimum absolute atomic E-state index is 0.0729. The SMILES string of the molecule is CC1=Nc2c3cc(C(=O)O)nc-3ccn2C1. The van der Waals surface area contributed by atoms with Crippen LogP contribution in [0.4, 0.5) is 5.82 Å². The maximum atomic E-state index is 10.8. The molecule has 0 atom stereocenters. The average Bonchev–Trinajstić information content (AvgIpc) is 2.77. The maximum Gasteiger partial charge on any atom is 0.354 e. The van der Waals surface area contributed by atoms with E-state index in [9.17, 15) is 4.79 Å². The van der Waals surface area contributed by atoms with Crippen molar-refractivity contribution in [2.45, 2.75) is 13.5 Å². The molecule has 80 valence electrons. The fourth-order valence-corrected chi connectivity index (χ4v) is 1.95. The van der Waals surface area contributed by atoms with E-state index in [1.165, 1.54) is 0 Å². The Morgan fingerprint density at radius 1 is 1.56 bits per heavy atom. The summed E-state index contributed by atoms with van der Waals surface area (Å²) in [5.41, 5.74) is 2.58. The number of hydrogen-bond donors (Lipinski definition) is 1. The summed E-state index contributed by atoms with van der Waals surface area (Å²) in [6, 6.07) is 3.39. The number of carbonyl (C=O) groups is 1. The fourth-order valence-electron chi connectivity index (χ4n) is 1.95. The molecule has 3 rings (SSSR count). The van der Waals surface area contributed by atoms with Gasteiger partial charge in [-0.2, -0.15) is 0 Å². The molecule has 0 radical (unpaired) electrons. The van der Waals surface area contributed by atoms with Gasteiger partial charge in [0.25, 0.3) is 0 Å². The molecule has 0 spiro atoms. The van der Waals surface area contributed by atoms with Crippen LogP contribution in [0.2, 0.25) is 0 Å². The Balaban J connectivity index is 2.28. The van der Waals surface area contributed by atoms with Crippen molar-refractivity contribution < 1.29 is 9.90 Å². The van der Waals surface area contributed by atoms with Gasteiger partial charge in [-0.15, -0.1) is 0 Å². The lowest BCUT2D eigenvalue weighted by molar-refractivity contribution is 0.0691. The fraction of sp³-hybridized carbons (Fsp3) is 0.182. The Labute approximate surface area is 91.4 Å². The van der Waals surface area contributed by atoms with Gasteiger partial charge in [-0.3, -0.25) is 0 Å². The number of aromatic nitrogens is 2. The second-order valence-electron chi connectivity index (χ2n) is 3.86. The second-order valence-corrected chi connectivity index (χ2v) is 3.86. The number of carboxylic acid groups (broad SMARTS) is 1. The van der Waals surface area contributed by atoms with Crippen molar-refractivity contribution >= 4 is 17.5 Å². The van der Waals surface area contributed by atoms with E-state index >= 15 is 0 Å². The van der Waals surface area contributed by atoms with E-state index < -0.39 is 5.97 Å². The summed E-state index contributed by atoms with van der Waals surface area (Å²) in [6.45, 7) is 2.71. The van der Waals surface area contributed by atoms with Crippen LogP contribution in [0.5, 0.6) is 0 Å². The molecule has 0 saturated heterocycles. The first kappa shape index (κ1) is 9.08. The Kier molecular flexibility index (Phi) is 1.65. The third-order valence-electron chi connectivity index (χ3n) is 2.64. The molecular formula is C11H9N3O2. The normalized spacial score (nSPS) is 13.9. The van der Waals surface area contributed by atoms with Crippen molar-refractivity contribution in [3.8, 4) is 11.3 Å². The van der Waals surface area contributed by atoms with Gasteiger partial charge >= 0.3 is 5.97 Å². The molecule has 0 aromatic carbocycles. The first-order valence-corrected chi connectivity index (χ1v) is 4.92. The Hall–Kier alpha value is -2.17. The summed E-state index contributed by atoms with van der Waals surface area (Å²) in [5, 5.41) is 8.88. The lowest BCUT2D eigenvalue weighted by Crippen LogP contribution is -1.99. The molecule has 5 heteroatoms. The van der Waals surface area contributed by atoms with Crippen molar-refractivity contribution in [3.63, 3.8) is 0 Å². The molecule has 0 bridgehead atoms. The number of carboxylic acids is 1. The van der Waals surface area contributed by atoms with Crippen LogP contribution in [-0.4, -0.2) is 26.3 Å². The summed E-state index contributed by atoms with van der Waals surface area (Å²) in [7, 11) is 0. The molecular weight excluding hydrogens is 206 g/mol. The van der Waals surface area contributed by atoms with Gasteiger partial charge in [-0.05, 0) is 19.1 Å². The highest BCUT2D eigenvalue weighted by molar-refractivity contribution is 5.94. The molecule has 0 amide bonds. The van der Waals surface area contributed by atoms with Crippen LogP contribution in [0.25, 0.3) is 11.3 Å². The molecule has 0 unspecified atom stereocenters. The monoisotopic (exact) mass is 215 g/mol. The molecule has 0 aromatic rings. The van der Waals surface area contributed by atoms with E-state index in [2.05, 4.69) is 9.98 Å². The quantitative estimate of drug-likeness (QED) is 0.788. The van der Waals surface area contributed by atoms with Crippen molar-refractivity contribution in [1.82, 2.24) is 9.55 Å². The van der Waals surface area contributed by atoms with Gasteiger partial charge in [0.1, 0.15) is 11.5 Å². The third-order valence-corrected chi connectivity index (χ3v) is 2.64. The predicted molar refractivity (Wildman–Crippen MR) is 58.6 cm³/mol. The number of aliphatic imine (C=N–C) groups is 1. The lowest BCUT2D eigenvalue weighted by atomic mass is 10.2. The van der Waals surface area contributed by atoms with Crippen molar-refractivity contribution in [3.05, 3.63) is 24.0 Å². The van der Waals surface area contributed by atoms with Crippen LogP contribution in [0.1, 0.15) is 17.4 Å². The maximum absolute atomic E-state index is 10.8. The standard InChI is InChI=1S/C11H9N3O2/c1-6-5-14-3-2-8-7(10(14)12-6)4-9(13-8)11(15)16/h2-4H,5H2,1H3,(H,15,16). The molecule has 3 heterocycles. The van der Waals surface area contributed by atoms with Crippen molar-refractivity contribution in [2.75, 3.05) is 0 Å². The summed E-state index contributed by atoms with van der Waals surface area (Å²) < 4.78 is 1.99. The lowest BCUT2D eigenvalue weighted by Gasteiger charge is -2.05. The summed E-state index contributed by atoms with van der Waals surface area (Å²) in [4.78, 5) is 19.3. The second kappa shape index (κ2) is 2.91. The van der Waals surface area contributed by atoms with Crippen LogP contribution >= 0.6 is 0 Å². The van der Waals surface area contributed by atoms with Crippen LogP contribution < -0.4 is 0 Å². The van der Waals surface area contributed by atoms with Gasteiger partial charge < -0.3 is 9.67 Å². The highest BCUT2D eigenvalue weighted by Crippen LogP contribution is 2.35. The summed E-state index contributed by atoms with van der Waals surface area (Å²) >= 11 is 0. The van der Waals surface area contributed by atoms with Crippen molar-refractivity contribution in [1.29, 1.82) is 0 Å². The van der Waals surface area contributed by atoms with E-state index in [0.717, 1.165) is 23.6 Å². The highest BCUT2D eigenvalue weighted by Gasteiger charge is 2.21. The average molecular weight is 215 g/mol. The zero-order valence-electron chi connectivity index (χ0n) is 8.64. The zero-order valence-corrected chi connectivity index (χ0v) is 8.64. The minimum atomic E-state index is -1.01. The van der Waals surface area contributed by atoms with Crippen LogP contribution in [0.15, 0.2) is 23.3 Å². The molecule has 16 heavy (non-hydrogen) atoms. The molecule has 3 aliphatic rings. The van der Waals surface area contributed by atoms with Gasteiger partial charge in [0.15, 0.2) is 0 Å². The zero-order chi connectivity index (χ0) is 11.3. The van der Waals surface area contributed by atoms with E-state index in [1.807, 2.05) is 23.8 Å². The van der Waals surface area contributed by atoms with Gasteiger partial charge in [-0.1, -0.05) is 0 Å². The number of nitrogens with zero attached hydrogens (tertiary/aromatic N) is 3. The van der Waals surface area contributed by atoms with Gasteiger partial charge in [0.2, 0.25) is 0 Å². The number of fused-ring (bicyclic) bond motifs is 3. The van der Waals surface area contributed by atoms with Gasteiger partial charge in [0.05, 0.1) is 12.2 Å². The Morgan fingerprint density at radius 3 is 3.12 bits per heavy atom. The molecule has 0 fully saturated rings. The molecule has 0 aromatic heterocycles. The molecule has 0 aliphatic carbocycles. The number of hydrogen-bond acceptors (Lipinski definition) is 3. The van der Waals surface area contributed by atoms with Crippen LogP contribution in [0, 0.1) is 0 Å². The Bertz CT molecular complexity index is 598. The van der Waals surface area contributed by atoms with E-state index in [4.69, 9.17) is 5.11 Å². The van der Waals surface area contributed by atoms with Crippen molar-refractivity contribution in [2.24, 2.45) is 4.99 Å². The Morgan fingerprint density at radius 2 is 2.38 bits per heavy atom. The summed E-state index contributed by atoms with van der Waals surface area (Å²) in [5.74, 6) is -0.205. The predicted octanol–water partition coefficient (Wildman–Crippen LogP) is 1.79. The topological polar surface area (TPSA) is 67.5 Å². The highest BCUT2D eigenvalue weighted by atomic mass is 16.4. The summed E-state index contributed by atoms with van der Waals surface area (Å²) in [6.07, 6.45) is 1.89. The largest absolute Gasteiger partial charge is 0.477 e.